The van der Waals surface area contributed by atoms with Crippen LogP contribution < -0.4 is 5.32 Å². The third-order valence-corrected chi connectivity index (χ3v) is 2.86. The smallest absolute Gasteiger partial charge is 0.121 e. The molecule has 17 heavy (non-hydrogen) atoms. The third kappa shape index (κ3) is 3.17. The average Bonchev–Trinajstić information content (AvgIpc) is 2.76. The van der Waals surface area contributed by atoms with Crippen LogP contribution in [0.1, 0.15) is 25.6 Å². The first-order chi connectivity index (χ1) is 8.29. The molecule has 0 radical (unpaired) electrons. The molecule has 0 saturated heterocycles. The van der Waals surface area contributed by atoms with E-state index in [-0.39, 0.29) is 0 Å². The molecular weight excluding hydrogens is 210 g/mol. The zero-order valence-electron chi connectivity index (χ0n) is 10.2. The molecule has 1 heterocycles. The highest BCUT2D eigenvalue weighted by atomic mass is 15.0. The summed E-state index contributed by atoms with van der Waals surface area (Å²) in [6.45, 7) is 6.70. The van der Waals surface area contributed by atoms with Gasteiger partial charge in [0.2, 0.25) is 0 Å². The zero-order chi connectivity index (χ0) is 12.1. The van der Waals surface area contributed by atoms with E-state index in [4.69, 9.17) is 0 Å². The van der Waals surface area contributed by atoms with E-state index in [2.05, 4.69) is 28.8 Å². The predicted octanol–water partition coefficient (Wildman–Crippen LogP) is 3.01. The molecule has 1 unspecified atom stereocenters. The van der Waals surface area contributed by atoms with Gasteiger partial charge in [0.25, 0.3) is 0 Å². The molecule has 0 aliphatic carbocycles. The van der Waals surface area contributed by atoms with Crippen LogP contribution in [0, 0.1) is 0 Å². The molecule has 2 rings (SSSR count). The third-order valence-electron chi connectivity index (χ3n) is 2.86. The Balaban J connectivity index is 1.92. The summed E-state index contributed by atoms with van der Waals surface area (Å²) in [5.74, 6) is 0.997. The van der Waals surface area contributed by atoms with Crippen molar-refractivity contribution >= 4 is 11.0 Å². The van der Waals surface area contributed by atoms with E-state index in [0.29, 0.717) is 6.04 Å². The SMILES string of the molecule is C=CCCC(C)NCc1nc2ccccc2[nH]1. The van der Waals surface area contributed by atoms with Crippen molar-refractivity contribution < 1.29 is 0 Å². The van der Waals surface area contributed by atoms with E-state index < -0.39 is 0 Å². The van der Waals surface area contributed by atoms with E-state index >= 15 is 0 Å². The first-order valence-electron chi connectivity index (χ1n) is 6.07. The van der Waals surface area contributed by atoms with Gasteiger partial charge >= 0.3 is 0 Å². The van der Waals surface area contributed by atoms with Gasteiger partial charge < -0.3 is 10.3 Å². The van der Waals surface area contributed by atoms with E-state index in [1.807, 2.05) is 30.3 Å². The van der Waals surface area contributed by atoms with Crippen LogP contribution in [0.3, 0.4) is 0 Å². The summed E-state index contributed by atoms with van der Waals surface area (Å²) in [7, 11) is 0. The minimum atomic E-state index is 0.487. The summed E-state index contributed by atoms with van der Waals surface area (Å²) in [6, 6.07) is 8.59. The van der Waals surface area contributed by atoms with Crippen LogP contribution in [0.15, 0.2) is 36.9 Å². The Morgan fingerprint density at radius 1 is 1.47 bits per heavy atom. The van der Waals surface area contributed by atoms with Crippen LogP contribution in [-0.2, 0) is 6.54 Å². The summed E-state index contributed by atoms with van der Waals surface area (Å²) >= 11 is 0. The fourth-order valence-electron chi connectivity index (χ4n) is 1.83. The molecule has 0 aliphatic rings. The number of hydrogen-bond donors (Lipinski definition) is 2. The number of nitrogens with one attached hydrogen (secondary N) is 2. The monoisotopic (exact) mass is 229 g/mol. The van der Waals surface area contributed by atoms with Crippen molar-refractivity contribution in [3.8, 4) is 0 Å². The van der Waals surface area contributed by atoms with Crippen LogP contribution in [-0.4, -0.2) is 16.0 Å². The van der Waals surface area contributed by atoms with E-state index in [1.54, 1.807) is 0 Å². The second-order valence-electron chi connectivity index (χ2n) is 4.35. The normalized spacial score (nSPS) is 12.8. The number of aromatic nitrogens is 2. The van der Waals surface area contributed by atoms with Crippen LogP contribution in [0.4, 0.5) is 0 Å². The van der Waals surface area contributed by atoms with Gasteiger partial charge in [-0.25, -0.2) is 4.98 Å². The molecule has 0 aliphatic heterocycles. The molecule has 0 spiro atoms. The quantitative estimate of drug-likeness (QED) is 0.748. The number of allylic oxidation sites excluding steroid dienone is 1. The topological polar surface area (TPSA) is 40.7 Å². The number of hydrogen-bond acceptors (Lipinski definition) is 2. The Bertz CT molecular complexity index is 454. The maximum Gasteiger partial charge on any atom is 0.121 e. The number of para-hydroxylation sites is 2. The van der Waals surface area contributed by atoms with E-state index in [9.17, 15) is 0 Å². The molecular formula is C14H19N3. The minimum absolute atomic E-state index is 0.487. The first kappa shape index (κ1) is 11.9. The lowest BCUT2D eigenvalue weighted by atomic mass is 10.2. The Hall–Kier alpha value is -1.61. The Morgan fingerprint density at radius 3 is 3.06 bits per heavy atom. The van der Waals surface area contributed by atoms with Crippen molar-refractivity contribution in [2.75, 3.05) is 0 Å². The number of imidazole rings is 1. The highest BCUT2D eigenvalue weighted by molar-refractivity contribution is 5.74. The van der Waals surface area contributed by atoms with Crippen LogP contribution in [0.25, 0.3) is 11.0 Å². The molecule has 90 valence electrons. The average molecular weight is 229 g/mol. The minimum Gasteiger partial charge on any atom is -0.341 e. The highest BCUT2D eigenvalue weighted by Gasteiger charge is 2.04. The van der Waals surface area contributed by atoms with Gasteiger partial charge in [0, 0.05) is 6.04 Å². The Morgan fingerprint density at radius 2 is 2.29 bits per heavy atom. The van der Waals surface area contributed by atoms with Gasteiger partial charge in [-0.1, -0.05) is 18.2 Å². The maximum atomic E-state index is 4.53. The fraction of sp³-hybridized carbons (Fsp3) is 0.357. The largest absolute Gasteiger partial charge is 0.341 e. The van der Waals surface area contributed by atoms with Gasteiger partial charge in [-0.15, -0.1) is 6.58 Å². The molecule has 0 fully saturated rings. The molecule has 1 atom stereocenters. The van der Waals surface area contributed by atoms with Gasteiger partial charge in [0.15, 0.2) is 0 Å². The number of aromatic amines is 1. The van der Waals surface area contributed by atoms with Gasteiger partial charge in [-0.2, -0.15) is 0 Å². The van der Waals surface area contributed by atoms with Crippen molar-refractivity contribution in [3.63, 3.8) is 0 Å². The molecule has 0 amide bonds. The lowest BCUT2D eigenvalue weighted by Crippen LogP contribution is -2.25. The number of benzene rings is 1. The van der Waals surface area contributed by atoms with Crippen LogP contribution in [0.5, 0.6) is 0 Å². The Kier molecular flexibility index (Phi) is 3.94. The van der Waals surface area contributed by atoms with E-state index in [1.165, 1.54) is 0 Å². The fourth-order valence-corrected chi connectivity index (χ4v) is 1.83. The molecule has 2 aromatic rings. The second kappa shape index (κ2) is 5.64. The summed E-state index contributed by atoms with van der Waals surface area (Å²) in [4.78, 5) is 7.84. The lowest BCUT2D eigenvalue weighted by Gasteiger charge is -2.10. The van der Waals surface area contributed by atoms with Crippen molar-refractivity contribution in [1.29, 1.82) is 0 Å². The van der Waals surface area contributed by atoms with Crippen LogP contribution >= 0.6 is 0 Å². The highest BCUT2D eigenvalue weighted by Crippen LogP contribution is 2.10. The molecule has 3 nitrogen and oxygen atoms in total. The summed E-state index contributed by atoms with van der Waals surface area (Å²) in [5.41, 5.74) is 2.13. The number of rotatable bonds is 6. The number of fused-ring (bicyclic) bond motifs is 1. The van der Waals surface area contributed by atoms with Gasteiger partial charge in [-0.05, 0) is 31.9 Å². The van der Waals surface area contributed by atoms with Crippen LogP contribution in [0.2, 0.25) is 0 Å². The summed E-state index contributed by atoms with van der Waals surface area (Å²) in [5, 5.41) is 3.45. The molecule has 2 N–H and O–H groups in total. The summed E-state index contributed by atoms with van der Waals surface area (Å²) in [6.07, 6.45) is 4.12. The zero-order valence-corrected chi connectivity index (χ0v) is 10.2. The molecule has 0 saturated carbocycles. The first-order valence-corrected chi connectivity index (χ1v) is 6.07. The maximum absolute atomic E-state index is 4.53. The molecule has 1 aromatic heterocycles. The number of nitrogens with zero attached hydrogens (tertiary/aromatic N) is 1. The molecule has 1 aromatic carbocycles. The number of H-pyrrole nitrogens is 1. The Labute approximate surface area is 102 Å². The van der Waals surface area contributed by atoms with Gasteiger partial charge in [0.1, 0.15) is 5.82 Å². The van der Waals surface area contributed by atoms with Crippen molar-refractivity contribution in [3.05, 3.63) is 42.7 Å². The van der Waals surface area contributed by atoms with Crippen molar-refractivity contribution in [1.82, 2.24) is 15.3 Å². The van der Waals surface area contributed by atoms with Gasteiger partial charge in [-0.3, -0.25) is 0 Å². The van der Waals surface area contributed by atoms with Crippen molar-refractivity contribution in [2.45, 2.75) is 32.4 Å². The standard InChI is InChI=1S/C14H19N3/c1-3-4-7-11(2)15-10-14-16-12-8-5-6-9-13(12)17-14/h3,5-6,8-9,11,15H,1,4,7,10H2,2H3,(H,16,17). The summed E-state index contributed by atoms with van der Waals surface area (Å²) < 4.78 is 0. The van der Waals surface area contributed by atoms with E-state index in [0.717, 1.165) is 36.2 Å². The predicted molar refractivity (Wildman–Crippen MR) is 71.8 cm³/mol. The molecule has 0 bridgehead atoms. The lowest BCUT2D eigenvalue weighted by molar-refractivity contribution is 0.510. The van der Waals surface area contributed by atoms with Crippen molar-refractivity contribution in [2.24, 2.45) is 0 Å². The van der Waals surface area contributed by atoms with Gasteiger partial charge in [0.05, 0.1) is 17.6 Å². The second-order valence-corrected chi connectivity index (χ2v) is 4.35. The molecule has 3 heteroatoms.